The highest BCUT2D eigenvalue weighted by molar-refractivity contribution is 5.77. The molecule has 0 spiro atoms. The van der Waals surface area contributed by atoms with E-state index in [-0.39, 0.29) is 18.7 Å². The molecule has 3 atom stereocenters. The summed E-state index contributed by atoms with van der Waals surface area (Å²) in [5, 5.41) is 19.7. The number of hydrogen-bond acceptors (Lipinski definition) is 8. The molecular weight excluding hydrogens is 376 g/mol. The lowest BCUT2D eigenvalue weighted by Gasteiger charge is -2.13. The van der Waals surface area contributed by atoms with Crippen molar-refractivity contribution in [3.05, 3.63) is 40.7 Å². The fraction of sp³-hybridized carbons (Fsp3) is 0.500. The molecular formula is C20H24N4O5. The molecule has 4 rings (SSSR count). The minimum Gasteiger partial charge on any atom is -0.434 e. The lowest BCUT2D eigenvalue weighted by molar-refractivity contribution is -0.0457. The van der Waals surface area contributed by atoms with Crippen LogP contribution < -0.4 is 5.69 Å². The first-order chi connectivity index (χ1) is 14.1. The SMILES string of the molecule is CCCCCc1cnc(-c2cc3cn([C@H]4C[C@H](O)[C@@H](CO)O4)c(=O)nc3o2)nc1. The highest BCUT2D eigenvalue weighted by atomic mass is 16.5. The summed E-state index contributed by atoms with van der Waals surface area (Å²) in [5.41, 5.74) is 0.710. The summed E-state index contributed by atoms with van der Waals surface area (Å²) in [5.74, 6) is 0.847. The quantitative estimate of drug-likeness (QED) is 0.576. The van der Waals surface area contributed by atoms with Gasteiger partial charge in [0.1, 0.15) is 12.3 Å². The summed E-state index contributed by atoms with van der Waals surface area (Å²) in [7, 11) is 0. The van der Waals surface area contributed by atoms with E-state index in [1.54, 1.807) is 24.7 Å². The molecule has 4 heterocycles. The number of fused-ring (bicyclic) bond motifs is 1. The molecule has 1 saturated heterocycles. The lowest BCUT2D eigenvalue weighted by atomic mass is 10.1. The average Bonchev–Trinajstić information content (AvgIpc) is 3.30. The van der Waals surface area contributed by atoms with E-state index < -0.39 is 24.1 Å². The van der Waals surface area contributed by atoms with E-state index in [4.69, 9.17) is 9.15 Å². The van der Waals surface area contributed by atoms with Gasteiger partial charge >= 0.3 is 5.69 Å². The van der Waals surface area contributed by atoms with Crippen LogP contribution in [0.15, 0.2) is 33.9 Å². The van der Waals surface area contributed by atoms with Crippen LogP contribution in [0.4, 0.5) is 0 Å². The summed E-state index contributed by atoms with van der Waals surface area (Å²) in [6.07, 6.45) is 7.51. The maximum Gasteiger partial charge on any atom is 0.353 e. The number of aromatic nitrogens is 4. The zero-order valence-electron chi connectivity index (χ0n) is 16.2. The van der Waals surface area contributed by atoms with E-state index >= 15 is 0 Å². The molecule has 1 aliphatic rings. The van der Waals surface area contributed by atoms with Crippen LogP contribution in [0.3, 0.4) is 0 Å². The lowest BCUT2D eigenvalue weighted by Crippen LogP contribution is -2.27. The molecule has 0 radical (unpaired) electrons. The van der Waals surface area contributed by atoms with Gasteiger partial charge in [-0.2, -0.15) is 4.98 Å². The Labute approximate surface area is 167 Å². The second-order valence-corrected chi connectivity index (χ2v) is 7.29. The van der Waals surface area contributed by atoms with Gasteiger partial charge in [-0.3, -0.25) is 4.57 Å². The fourth-order valence-electron chi connectivity index (χ4n) is 3.48. The van der Waals surface area contributed by atoms with Crippen LogP contribution in [0.5, 0.6) is 0 Å². The van der Waals surface area contributed by atoms with Crippen molar-refractivity contribution >= 4 is 11.1 Å². The summed E-state index contributed by atoms with van der Waals surface area (Å²) in [4.78, 5) is 25.1. The van der Waals surface area contributed by atoms with Gasteiger partial charge in [-0.25, -0.2) is 14.8 Å². The Kier molecular flexibility index (Phi) is 5.70. The van der Waals surface area contributed by atoms with Gasteiger partial charge in [0.15, 0.2) is 11.6 Å². The first-order valence-corrected chi connectivity index (χ1v) is 9.87. The Hall–Kier alpha value is -2.62. The van der Waals surface area contributed by atoms with Crippen molar-refractivity contribution in [2.75, 3.05) is 6.61 Å². The van der Waals surface area contributed by atoms with E-state index in [1.165, 1.54) is 11.0 Å². The van der Waals surface area contributed by atoms with Crippen LogP contribution in [0.25, 0.3) is 22.7 Å². The summed E-state index contributed by atoms with van der Waals surface area (Å²) < 4.78 is 12.5. The predicted octanol–water partition coefficient (Wildman–Crippen LogP) is 1.82. The van der Waals surface area contributed by atoms with E-state index in [2.05, 4.69) is 21.9 Å². The molecule has 2 N–H and O–H groups in total. The topological polar surface area (TPSA) is 124 Å². The number of unbranched alkanes of at least 4 members (excludes halogenated alkanes) is 2. The third kappa shape index (κ3) is 4.07. The second kappa shape index (κ2) is 8.40. The van der Waals surface area contributed by atoms with Gasteiger partial charge in [-0.1, -0.05) is 19.8 Å². The van der Waals surface area contributed by atoms with Gasteiger partial charge in [0.2, 0.25) is 5.71 Å². The normalized spacial score (nSPS) is 21.8. The van der Waals surface area contributed by atoms with Crippen molar-refractivity contribution in [3.8, 4) is 11.6 Å². The maximum atomic E-state index is 12.4. The molecule has 0 saturated carbocycles. The molecule has 3 aromatic rings. The van der Waals surface area contributed by atoms with Crippen LogP contribution in [-0.2, 0) is 11.2 Å². The molecule has 3 aromatic heterocycles. The number of aryl methyl sites for hydroxylation is 1. The molecule has 1 aliphatic heterocycles. The maximum absolute atomic E-state index is 12.4. The van der Waals surface area contributed by atoms with E-state index in [0.29, 0.717) is 17.0 Å². The number of rotatable bonds is 7. The minimum atomic E-state index is -0.836. The Bertz CT molecular complexity index is 1030. The molecule has 29 heavy (non-hydrogen) atoms. The smallest absolute Gasteiger partial charge is 0.353 e. The van der Waals surface area contributed by atoms with Crippen LogP contribution in [0.1, 0.15) is 44.4 Å². The molecule has 0 unspecified atom stereocenters. The van der Waals surface area contributed by atoms with Crippen LogP contribution in [0.2, 0.25) is 0 Å². The van der Waals surface area contributed by atoms with E-state index in [0.717, 1.165) is 24.8 Å². The molecule has 0 bridgehead atoms. The van der Waals surface area contributed by atoms with Gasteiger partial charge in [0, 0.05) is 25.0 Å². The van der Waals surface area contributed by atoms with Gasteiger partial charge in [-0.15, -0.1) is 0 Å². The molecule has 9 nitrogen and oxygen atoms in total. The summed E-state index contributed by atoms with van der Waals surface area (Å²) >= 11 is 0. The second-order valence-electron chi connectivity index (χ2n) is 7.29. The van der Waals surface area contributed by atoms with Crippen molar-refractivity contribution in [2.24, 2.45) is 0 Å². The van der Waals surface area contributed by atoms with Crippen molar-refractivity contribution in [1.82, 2.24) is 19.5 Å². The number of hydrogen-bond donors (Lipinski definition) is 2. The van der Waals surface area contributed by atoms with E-state index in [9.17, 15) is 15.0 Å². The van der Waals surface area contributed by atoms with Gasteiger partial charge in [0.05, 0.1) is 18.1 Å². The number of ether oxygens (including phenoxy) is 1. The van der Waals surface area contributed by atoms with Crippen molar-refractivity contribution in [3.63, 3.8) is 0 Å². The summed E-state index contributed by atoms with van der Waals surface area (Å²) in [6, 6.07) is 1.72. The molecule has 9 heteroatoms. The first kappa shape index (κ1) is 19.7. The molecule has 0 aliphatic carbocycles. The first-order valence-electron chi connectivity index (χ1n) is 9.87. The number of nitrogens with zero attached hydrogens (tertiary/aromatic N) is 4. The van der Waals surface area contributed by atoms with Crippen LogP contribution >= 0.6 is 0 Å². The minimum absolute atomic E-state index is 0.189. The standard InChI is InChI=1S/C20H24N4O5/c1-2-3-4-5-12-8-21-18(22-9-12)15-6-13-10-24(20(27)23-19(13)29-15)17-7-14(26)16(11-25)28-17/h6,8-10,14,16-17,25-26H,2-5,7,11H2,1H3/t14-,16+,17+/m0/s1. The zero-order chi connectivity index (χ0) is 20.4. The zero-order valence-corrected chi connectivity index (χ0v) is 16.2. The number of furan rings is 1. The van der Waals surface area contributed by atoms with Gasteiger partial charge in [0.25, 0.3) is 0 Å². The third-order valence-corrected chi connectivity index (χ3v) is 5.13. The molecule has 0 amide bonds. The highest BCUT2D eigenvalue weighted by Crippen LogP contribution is 2.29. The monoisotopic (exact) mass is 400 g/mol. The third-order valence-electron chi connectivity index (χ3n) is 5.13. The Morgan fingerprint density at radius 3 is 2.76 bits per heavy atom. The van der Waals surface area contributed by atoms with Crippen molar-refractivity contribution in [2.45, 2.75) is 57.5 Å². The Balaban J connectivity index is 1.58. The Morgan fingerprint density at radius 2 is 2.07 bits per heavy atom. The molecule has 1 fully saturated rings. The summed E-state index contributed by atoms with van der Waals surface area (Å²) in [6.45, 7) is 1.85. The number of aliphatic hydroxyl groups excluding tert-OH is 2. The fourth-order valence-corrected chi connectivity index (χ4v) is 3.48. The van der Waals surface area contributed by atoms with Crippen molar-refractivity contribution in [1.29, 1.82) is 0 Å². The predicted molar refractivity (Wildman–Crippen MR) is 104 cm³/mol. The van der Waals surface area contributed by atoms with E-state index in [1.807, 2.05) is 0 Å². The number of aliphatic hydroxyl groups is 2. The molecule has 0 aromatic carbocycles. The average molecular weight is 400 g/mol. The largest absolute Gasteiger partial charge is 0.434 e. The van der Waals surface area contributed by atoms with Crippen molar-refractivity contribution < 1.29 is 19.4 Å². The van der Waals surface area contributed by atoms with Crippen LogP contribution in [0, 0.1) is 0 Å². The van der Waals surface area contributed by atoms with Crippen LogP contribution in [-0.4, -0.2) is 48.5 Å². The Morgan fingerprint density at radius 1 is 1.28 bits per heavy atom. The van der Waals surface area contributed by atoms with Gasteiger partial charge in [-0.05, 0) is 24.5 Å². The van der Waals surface area contributed by atoms with Gasteiger partial charge < -0.3 is 19.4 Å². The highest BCUT2D eigenvalue weighted by Gasteiger charge is 2.35. The molecule has 154 valence electrons.